The van der Waals surface area contributed by atoms with Crippen molar-refractivity contribution in [3.63, 3.8) is 0 Å². The Morgan fingerprint density at radius 2 is 2.00 bits per heavy atom. The largest absolute Gasteiger partial charge is 0.493 e. The van der Waals surface area contributed by atoms with Gasteiger partial charge in [-0.2, -0.15) is 0 Å². The maximum Gasteiger partial charge on any atom is 0.329 e. The SMILES string of the molecule is COC(=O)CN1C(=O)N/C(=C/c2cc(Cl)c(OCc3cccc(F)c3)c(OC)c2)C1=O. The minimum absolute atomic E-state index is 0.0412. The molecule has 1 aliphatic rings. The van der Waals surface area contributed by atoms with E-state index in [-0.39, 0.29) is 34.6 Å². The van der Waals surface area contributed by atoms with Gasteiger partial charge in [0.25, 0.3) is 5.91 Å². The molecule has 0 saturated carbocycles. The lowest BCUT2D eigenvalue weighted by atomic mass is 10.1. The quantitative estimate of drug-likeness (QED) is 0.397. The molecule has 3 amide bonds. The average molecular weight is 449 g/mol. The van der Waals surface area contributed by atoms with Crippen LogP contribution in [0.1, 0.15) is 11.1 Å². The number of nitrogens with zero attached hydrogens (tertiary/aromatic N) is 1. The van der Waals surface area contributed by atoms with Crippen molar-refractivity contribution in [3.8, 4) is 11.5 Å². The van der Waals surface area contributed by atoms with Crippen LogP contribution in [0.15, 0.2) is 42.1 Å². The van der Waals surface area contributed by atoms with Gasteiger partial charge in [0, 0.05) is 0 Å². The second-order valence-corrected chi connectivity index (χ2v) is 6.82. The first kappa shape index (κ1) is 22.1. The number of hydrogen-bond donors (Lipinski definition) is 1. The van der Waals surface area contributed by atoms with E-state index >= 15 is 0 Å². The normalized spacial score (nSPS) is 14.6. The van der Waals surface area contributed by atoms with Gasteiger partial charge in [-0.05, 0) is 41.5 Å². The summed E-state index contributed by atoms with van der Waals surface area (Å²) in [4.78, 5) is 36.5. The number of methoxy groups -OCH3 is 2. The third-order valence-corrected chi connectivity index (χ3v) is 4.59. The van der Waals surface area contributed by atoms with Crippen LogP contribution in [0.3, 0.4) is 0 Å². The van der Waals surface area contributed by atoms with Gasteiger partial charge in [0.2, 0.25) is 0 Å². The fourth-order valence-corrected chi connectivity index (χ4v) is 3.09. The highest BCUT2D eigenvalue weighted by atomic mass is 35.5. The molecule has 8 nitrogen and oxygen atoms in total. The topological polar surface area (TPSA) is 94.2 Å². The molecular weight excluding hydrogens is 431 g/mol. The molecule has 2 aromatic rings. The van der Waals surface area contributed by atoms with E-state index in [0.717, 1.165) is 12.0 Å². The number of carbonyl (C=O) groups is 3. The molecule has 0 spiro atoms. The Morgan fingerprint density at radius 1 is 1.23 bits per heavy atom. The molecule has 0 bridgehead atoms. The number of amides is 3. The number of rotatable bonds is 7. The van der Waals surface area contributed by atoms with Crippen LogP contribution >= 0.6 is 11.6 Å². The molecule has 1 heterocycles. The highest BCUT2D eigenvalue weighted by Gasteiger charge is 2.35. The molecule has 0 unspecified atom stereocenters. The Bertz CT molecular complexity index is 1070. The van der Waals surface area contributed by atoms with Gasteiger partial charge in [-0.25, -0.2) is 14.1 Å². The van der Waals surface area contributed by atoms with E-state index in [0.29, 0.717) is 11.1 Å². The third kappa shape index (κ3) is 5.13. The zero-order chi connectivity index (χ0) is 22.5. The Morgan fingerprint density at radius 3 is 2.68 bits per heavy atom. The van der Waals surface area contributed by atoms with Crippen molar-refractivity contribution in [1.29, 1.82) is 0 Å². The number of carbonyl (C=O) groups excluding carboxylic acids is 3. The van der Waals surface area contributed by atoms with Gasteiger partial charge in [-0.15, -0.1) is 0 Å². The van der Waals surface area contributed by atoms with Crippen LogP contribution < -0.4 is 14.8 Å². The van der Waals surface area contributed by atoms with Gasteiger partial charge in [0.1, 0.15) is 24.7 Å². The summed E-state index contributed by atoms with van der Waals surface area (Å²) in [6.45, 7) is -0.444. The van der Waals surface area contributed by atoms with E-state index in [4.69, 9.17) is 21.1 Å². The third-order valence-electron chi connectivity index (χ3n) is 4.31. The van der Waals surface area contributed by atoms with Crippen LogP contribution in [-0.4, -0.2) is 43.6 Å². The second kappa shape index (κ2) is 9.48. The van der Waals surface area contributed by atoms with Crippen molar-refractivity contribution in [2.75, 3.05) is 20.8 Å². The summed E-state index contributed by atoms with van der Waals surface area (Å²) in [6.07, 6.45) is 1.39. The molecule has 31 heavy (non-hydrogen) atoms. The van der Waals surface area contributed by atoms with Gasteiger partial charge < -0.3 is 19.5 Å². The molecule has 0 radical (unpaired) electrons. The van der Waals surface area contributed by atoms with Gasteiger partial charge in [-0.1, -0.05) is 23.7 Å². The molecule has 1 N–H and O–H groups in total. The van der Waals surface area contributed by atoms with Crippen molar-refractivity contribution in [3.05, 3.63) is 64.1 Å². The molecule has 0 aromatic heterocycles. The van der Waals surface area contributed by atoms with Crippen molar-refractivity contribution in [2.24, 2.45) is 0 Å². The van der Waals surface area contributed by atoms with Crippen molar-refractivity contribution < 1.29 is 33.0 Å². The second-order valence-electron chi connectivity index (χ2n) is 6.41. The lowest BCUT2D eigenvalue weighted by Gasteiger charge is -2.13. The molecule has 1 aliphatic heterocycles. The number of benzene rings is 2. The van der Waals surface area contributed by atoms with Crippen LogP contribution in [0, 0.1) is 5.82 Å². The maximum atomic E-state index is 13.3. The summed E-state index contributed by atoms with van der Waals surface area (Å²) in [5, 5.41) is 2.58. The molecule has 10 heteroatoms. The summed E-state index contributed by atoms with van der Waals surface area (Å²) < 4.78 is 28.8. The van der Waals surface area contributed by atoms with Gasteiger partial charge in [0.05, 0.1) is 19.2 Å². The molecule has 0 atom stereocenters. The zero-order valence-electron chi connectivity index (χ0n) is 16.6. The first-order valence-electron chi connectivity index (χ1n) is 8.98. The Balaban J connectivity index is 1.81. The van der Waals surface area contributed by atoms with Crippen LogP contribution in [0.4, 0.5) is 9.18 Å². The van der Waals surface area contributed by atoms with Crippen LogP contribution in [0.5, 0.6) is 11.5 Å². The van der Waals surface area contributed by atoms with E-state index in [2.05, 4.69) is 10.1 Å². The predicted octanol–water partition coefficient (Wildman–Crippen LogP) is 3.13. The Hall–Kier alpha value is -3.59. The van der Waals surface area contributed by atoms with Crippen molar-refractivity contribution in [1.82, 2.24) is 10.2 Å². The number of urea groups is 1. The standard InChI is InChI=1S/C21H18ClFN2O6/c1-29-17-9-13(8-16-20(27)25(21(28)24-16)10-18(26)30-2)7-15(22)19(17)31-11-12-4-3-5-14(23)6-12/h3-9H,10-11H2,1-2H3,(H,24,28)/b16-8+. The fraction of sp³-hybridized carbons (Fsp3) is 0.190. The summed E-state index contributed by atoms with van der Waals surface area (Å²) >= 11 is 6.33. The van der Waals surface area contributed by atoms with E-state index in [1.807, 2.05) is 0 Å². The van der Waals surface area contributed by atoms with Crippen LogP contribution in [-0.2, 0) is 20.9 Å². The molecule has 2 aromatic carbocycles. The van der Waals surface area contributed by atoms with Gasteiger partial charge in [0.15, 0.2) is 11.5 Å². The number of hydrogen-bond acceptors (Lipinski definition) is 6. The summed E-state index contributed by atoms with van der Waals surface area (Å²) in [5.41, 5.74) is 1.01. The zero-order valence-corrected chi connectivity index (χ0v) is 17.4. The summed E-state index contributed by atoms with van der Waals surface area (Å²) in [5.74, 6) is -1.28. The first-order valence-corrected chi connectivity index (χ1v) is 9.36. The van der Waals surface area contributed by atoms with E-state index in [9.17, 15) is 18.8 Å². The number of imide groups is 1. The summed E-state index contributed by atoms with van der Waals surface area (Å²) in [6, 6.07) is 8.27. The van der Waals surface area contributed by atoms with E-state index in [1.165, 1.54) is 31.4 Å². The lowest BCUT2D eigenvalue weighted by molar-refractivity contribution is -0.143. The van der Waals surface area contributed by atoms with Gasteiger partial charge >= 0.3 is 12.0 Å². The minimum atomic E-state index is -0.741. The van der Waals surface area contributed by atoms with E-state index in [1.54, 1.807) is 18.2 Å². The van der Waals surface area contributed by atoms with Crippen molar-refractivity contribution >= 4 is 35.6 Å². The van der Waals surface area contributed by atoms with Crippen molar-refractivity contribution in [2.45, 2.75) is 6.61 Å². The average Bonchev–Trinajstić information content (AvgIpc) is 2.99. The van der Waals surface area contributed by atoms with E-state index < -0.39 is 24.5 Å². The first-order chi connectivity index (χ1) is 14.8. The predicted molar refractivity (Wildman–Crippen MR) is 109 cm³/mol. The molecule has 162 valence electrons. The highest BCUT2D eigenvalue weighted by Crippen LogP contribution is 2.37. The molecule has 1 saturated heterocycles. The van der Waals surface area contributed by atoms with Gasteiger partial charge in [-0.3, -0.25) is 9.59 Å². The number of nitrogens with one attached hydrogen (secondary N) is 1. The smallest absolute Gasteiger partial charge is 0.329 e. The molecular formula is C21H18ClFN2O6. The Kier molecular flexibility index (Phi) is 6.76. The van der Waals surface area contributed by atoms with Crippen LogP contribution in [0.2, 0.25) is 5.02 Å². The maximum absolute atomic E-state index is 13.3. The molecule has 0 aliphatic carbocycles. The molecule has 1 fully saturated rings. The minimum Gasteiger partial charge on any atom is -0.493 e. The number of esters is 1. The number of halogens is 2. The number of ether oxygens (including phenoxy) is 3. The Labute approximate surface area is 182 Å². The molecule has 3 rings (SSSR count). The monoisotopic (exact) mass is 448 g/mol. The summed E-state index contributed by atoms with van der Waals surface area (Å²) in [7, 11) is 2.57. The van der Waals surface area contributed by atoms with Crippen LogP contribution in [0.25, 0.3) is 6.08 Å². The highest BCUT2D eigenvalue weighted by molar-refractivity contribution is 6.32. The lowest BCUT2D eigenvalue weighted by Crippen LogP contribution is -2.36. The fourth-order valence-electron chi connectivity index (χ4n) is 2.82.